The van der Waals surface area contributed by atoms with E-state index in [1.54, 1.807) is 24.3 Å². The Morgan fingerprint density at radius 1 is 1.17 bits per heavy atom. The summed E-state index contributed by atoms with van der Waals surface area (Å²) in [7, 11) is 1.40. The van der Waals surface area contributed by atoms with Crippen molar-refractivity contribution in [2.45, 2.75) is 6.18 Å². The average molecular weight is 357 g/mol. The summed E-state index contributed by atoms with van der Waals surface area (Å²) >= 11 is 5.73. The molecule has 1 N–H and O–H groups in total. The third-order valence-electron chi connectivity index (χ3n) is 3.27. The van der Waals surface area contributed by atoms with Crippen LogP contribution in [0.4, 0.5) is 13.2 Å². The van der Waals surface area contributed by atoms with Crippen LogP contribution in [0.2, 0.25) is 5.02 Å². The number of hydrogen-bond acceptors (Lipinski definition) is 2. The first-order chi connectivity index (χ1) is 11.3. The molecule has 0 aliphatic heterocycles. The third kappa shape index (κ3) is 3.71. The van der Waals surface area contributed by atoms with Gasteiger partial charge in [0.05, 0.1) is 17.7 Å². The van der Waals surface area contributed by atoms with Gasteiger partial charge in [-0.2, -0.15) is 13.2 Å². The summed E-state index contributed by atoms with van der Waals surface area (Å²) in [6, 6.07) is 9.03. The van der Waals surface area contributed by atoms with Gasteiger partial charge in [0.25, 0.3) is 0 Å². The van der Waals surface area contributed by atoms with E-state index in [9.17, 15) is 18.0 Å². The van der Waals surface area contributed by atoms with E-state index >= 15 is 0 Å². The van der Waals surface area contributed by atoms with Crippen molar-refractivity contribution in [3.8, 4) is 16.9 Å². The van der Waals surface area contributed by atoms with Crippen molar-refractivity contribution in [3.63, 3.8) is 0 Å². The van der Waals surface area contributed by atoms with Crippen molar-refractivity contribution < 1.29 is 27.8 Å². The Morgan fingerprint density at radius 3 is 2.42 bits per heavy atom. The molecule has 0 fully saturated rings. The highest BCUT2D eigenvalue weighted by molar-refractivity contribution is 6.31. The number of rotatable bonds is 4. The molecule has 0 aromatic heterocycles. The molecule has 0 spiro atoms. The average Bonchev–Trinajstić information content (AvgIpc) is 2.51. The maximum absolute atomic E-state index is 13.4. The fraction of sp³-hybridized carbons (Fsp3) is 0.118. The zero-order valence-electron chi connectivity index (χ0n) is 12.4. The van der Waals surface area contributed by atoms with E-state index in [-0.39, 0.29) is 11.1 Å². The molecule has 126 valence electrons. The second-order valence-electron chi connectivity index (χ2n) is 4.75. The lowest BCUT2D eigenvalue weighted by atomic mass is 9.94. The van der Waals surface area contributed by atoms with E-state index in [1.807, 2.05) is 0 Å². The Labute approximate surface area is 140 Å². The molecule has 2 rings (SSSR count). The predicted molar refractivity (Wildman–Crippen MR) is 85.1 cm³/mol. The van der Waals surface area contributed by atoms with Crippen LogP contribution >= 0.6 is 11.6 Å². The van der Waals surface area contributed by atoms with Crippen molar-refractivity contribution in [1.82, 2.24) is 0 Å². The number of aliphatic carboxylic acids is 1. The van der Waals surface area contributed by atoms with E-state index in [2.05, 4.69) is 0 Å². The van der Waals surface area contributed by atoms with Crippen LogP contribution in [0.5, 0.6) is 5.75 Å². The summed E-state index contributed by atoms with van der Waals surface area (Å²) in [4.78, 5) is 10.8. The monoisotopic (exact) mass is 356 g/mol. The van der Waals surface area contributed by atoms with E-state index < -0.39 is 22.7 Å². The van der Waals surface area contributed by atoms with Crippen molar-refractivity contribution in [2.75, 3.05) is 7.11 Å². The molecule has 0 unspecified atom stereocenters. The van der Waals surface area contributed by atoms with E-state index in [0.29, 0.717) is 17.4 Å². The Balaban J connectivity index is 2.83. The third-order valence-corrected chi connectivity index (χ3v) is 3.58. The fourth-order valence-electron chi connectivity index (χ4n) is 2.31. The molecule has 0 atom stereocenters. The minimum absolute atomic E-state index is 0.168. The van der Waals surface area contributed by atoms with Crippen molar-refractivity contribution in [2.24, 2.45) is 0 Å². The Bertz CT molecular complexity index is 798. The molecule has 2 aromatic carbocycles. The van der Waals surface area contributed by atoms with Gasteiger partial charge in [-0.1, -0.05) is 35.9 Å². The van der Waals surface area contributed by atoms with Gasteiger partial charge in [-0.05, 0) is 29.3 Å². The number of alkyl halides is 3. The van der Waals surface area contributed by atoms with Crippen molar-refractivity contribution in [1.29, 1.82) is 0 Å². The van der Waals surface area contributed by atoms with Crippen LogP contribution in [-0.4, -0.2) is 18.2 Å². The zero-order valence-corrected chi connectivity index (χ0v) is 13.2. The Kier molecular flexibility index (Phi) is 5.19. The quantitative estimate of drug-likeness (QED) is 0.772. The van der Waals surface area contributed by atoms with Crippen LogP contribution in [0.1, 0.15) is 11.1 Å². The molecule has 0 saturated carbocycles. The van der Waals surface area contributed by atoms with Crippen LogP contribution in [0.15, 0.2) is 42.5 Å². The highest BCUT2D eigenvalue weighted by Gasteiger charge is 2.36. The molecule has 0 amide bonds. The summed E-state index contributed by atoms with van der Waals surface area (Å²) < 4.78 is 45.4. The van der Waals surface area contributed by atoms with Crippen LogP contribution in [-0.2, 0) is 11.0 Å². The summed E-state index contributed by atoms with van der Waals surface area (Å²) in [6.07, 6.45) is -3.22. The number of carboxylic acid groups (broad SMARTS) is 1. The SMILES string of the molecule is COc1ccccc1-c1ccc(Cl)c(C(F)(F)F)c1/C=C/C(=O)O. The molecule has 0 bridgehead atoms. The molecular formula is C17H12ClF3O3. The van der Waals surface area contributed by atoms with Gasteiger partial charge >= 0.3 is 12.1 Å². The molecule has 24 heavy (non-hydrogen) atoms. The van der Waals surface area contributed by atoms with E-state index in [4.69, 9.17) is 21.4 Å². The molecule has 2 aromatic rings. The molecule has 0 aliphatic carbocycles. The number of methoxy groups -OCH3 is 1. The number of ether oxygens (including phenoxy) is 1. The second kappa shape index (κ2) is 6.97. The van der Waals surface area contributed by atoms with Gasteiger partial charge in [0.1, 0.15) is 5.75 Å². The van der Waals surface area contributed by atoms with Gasteiger partial charge in [0.2, 0.25) is 0 Å². The topological polar surface area (TPSA) is 46.5 Å². The highest BCUT2D eigenvalue weighted by Crippen LogP contribution is 2.43. The summed E-state index contributed by atoms with van der Waals surface area (Å²) in [5.41, 5.74) is -0.860. The van der Waals surface area contributed by atoms with Gasteiger partial charge in [0.15, 0.2) is 0 Å². The number of benzene rings is 2. The van der Waals surface area contributed by atoms with Gasteiger partial charge in [0, 0.05) is 11.6 Å². The number of halogens is 4. The van der Waals surface area contributed by atoms with E-state index in [1.165, 1.54) is 13.2 Å². The summed E-state index contributed by atoms with van der Waals surface area (Å²) in [5, 5.41) is 8.27. The molecule has 0 radical (unpaired) electrons. The number of carboxylic acids is 1. The lowest BCUT2D eigenvalue weighted by molar-refractivity contribution is -0.137. The smallest absolute Gasteiger partial charge is 0.418 e. The molecule has 0 aliphatic rings. The first-order valence-electron chi connectivity index (χ1n) is 6.69. The Morgan fingerprint density at radius 2 is 1.83 bits per heavy atom. The number of para-hydroxylation sites is 1. The van der Waals surface area contributed by atoms with E-state index in [0.717, 1.165) is 12.1 Å². The normalized spacial score (nSPS) is 11.7. The molecule has 0 saturated heterocycles. The van der Waals surface area contributed by atoms with Crippen LogP contribution in [0.3, 0.4) is 0 Å². The second-order valence-corrected chi connectivity index (χ2v) is 5.16. The van der Waals surface area contributed by atoms with Crippen LogP contribution in [0, 0.1) is 0 Å². The first-order valence-corrected chi connectivity index (χ1v) is 7.07. The lowest BCUT2D eigenvalue weighted by Gasteiger charge is -2.18. The highest BCUT2D eigenvalue weighted by atomic mass is 35.5. The van der Waals surface area contributed by atoms with Crippen molar-refractivity contribution in [3.05, 3.63) is 58.6 Å². The van der Waals surface area contributed by atoms with Gasteiger partial charge in [-0.15, -0.1) is 0 Å². The van der Waals surface area contributed by atoms with Crippen LogP contribution in [0.25, 0.3) is 17.2 Å². The minimum Gasteiger partial charge on any atom is -0.496 e. The largest absolute Gasteiger partial charge is 0.496 e. The molecule has 7 heteroatoms. The molecular weight excluding hydrogens is 345 g/mol. The standard InChI is InChI=1S/C17H12ClF3O3/c1-24-14-5-3-2-4-11(14)10-6-8-13(18)16(17(19,20)21)12(10)7-9-15(22)23/h2-9H,1H3,(H,22,23)/b9-7+. The zero-order chi connectivity index (χ0) is 17.9. The summed E-state index contributed by atoms with van der Waals surface area (Å²) in [6.45, 7) is 0. The van der Waals surface area contributed by atoms with Crippen LogP contribution < -0.4 is 4.74 Å². The lowest BCUT2D eigenvalue weighted by Crippen LogP contribution is -2.10. The molecule has 3 nitrogen and oxygen atoms in total. The van der Waals surface area contributed by atoms with Crippen molar-refractivity contribution >= 4 is 23.6 Å². The minimum atomic E-state index is -4.74. The Hall–Kier alpha value is -2.47. The molecule has 0 heterocycles. The first kappa shape index (κ1) is 17.9. The van der Waals surface area contributed by atoms with Gasteiger partial charge in [-0.25, -0.2) is 4.79 Å². The maximum Gasteiger partial charge on any atom is 0.418 e. The maximum atomic E-state index is 13.4. The number of carbonyl (C=O) groups is 1. The predicted octanol–water partition coefficient (Wildman–Crippen LogP) is 5.13. The number of hydrogen-bond donors (Lipinski definition) is 1. The van der Waals surface area contributed by atoms with Gasteiger partial charge in [-0.3, -0.25) is 0 Å². The van der Waals surface area contributed by atoms with Gasteiger partial charge < -0.3 is 9.84 Å². The fourth-order valence-corrected chi connectivity index (χ4v) is 2.58. The summed E-state index contributed by atoms with van der Waals surface area (Å²) in [5.74, 6) is -1.01.